The van der Waals surface area contributed by atoms with Crippen molar-refractivity contribution < 1.29 is 9.13 Å². The first-order valence-electron chi connectivity index (χ1n) is 4.45. The fourth-order valence-electron chi connectivity index (χ4n) is 1.58. The molecule has 2 rings (SSSR count). The first kappa shape index (κ1) is 8.51. The van der Waals surface area contributed by atoms with Gasteiger partial charge in [0.1, 0.15) is 11.6 Å². The second kappa shape index (κ2) is 3.34. The monoisotopic (exact) mass is 181 g/mol. The zero-order valence-corrected chi connectivity index (χ0v) is 7.29. The Balaban J connectivity index is 2.42. The van der Waals surface area contributed by atoms with Crippen molar-refractivity contribution in [2.45, 2.75) is 18.9 Å². The Kier molecular flexibility index (Phi) is 2.19. The molecular formula is C10H12FNO. The van der Waals surface area contributed by atoms with E-state index in [4.69, 9.17) is 10.5 Å². The molecule has 1 aromatic carbocycles. The zero-order valence-electron chi connectivity index (χ0n) is 7.29. The summed E-state index contributed by atoms with van der Waals surface area (Å²) in [5.41, 5.74) is 6.81. The molecule has 0 unspecified atom stereocenters. The zero-order chi connectivity index (χ0) is 9.26. The van der Waals surface area contributed by atoms with E-state index in [1.165, 1.54) is 12.1 Å². The van der Waals surface area contributed by atoms with Crippen LogP contribution >= 0.6 is 0 Å². The number of nitrogens with two attached hydrogens (primary N) is 1. The van der Waals surface area contributed by atoms with Gasteiger partial charge in [-0.15, -0.1) is 0 Å². The molecule has 2 N–H and O–H groups in total. The molecule has 0 saturated heterocycles. The standard InChI is InChI=1S/C10H12FNO/c11-7-3-4-8-9(12)2-1-5-13-10(8)6-7/h3-4,6,9H,1-2,5,12H2/t9-/m0/s1. The molecule has 0 spiro atoms. The van der Waals surface area contributed by atoms with E-state index in [-0.39, 0.29) is 11.9 Å². The molecule has 0 fully saturated rings. The van der Waals surface area contributed by atoms with Crippen molar-refractivity contribution in [3.8, 4) is 5.75 Å². The van der Waals surface area contributed by atoms with Crippen molar-refractivity contribution in [3.05, 3.63) is 29.6 Å². The van der Waals surface area contributed by atoms with E-state index in [0.717, 1.165) is 18.4 Å². The minimum atomic E-state index is -0.271. The smallest absolute Gasteiger partial charge is 0.126 e. The molecule has 70 valence electrons. The highest BCUT2D eigenvalue weighted by Crippen LogP contribution is 2.30. The van der Waals surface area contributed by atoms with Gasteiger partial charge in [0.2, 0.25) is 0 Å². The first-order chi connectivity index (χ1) is 6.27. The Labute approximate surface area is 76.5 Å². The Morgan fingerprint density at radius 1 is 1.46 bits per heavy atom. The van der Waals surface area contributed by atoms with Gasteiger partial charge in [-0.05, 0) is 18.9 Å². The average Bonchev–Trinajstić information content (AvgIpc) is 2.28. The van der Waals surface area contributed by atoms with Crippen LogP contribution in [0.25, 0.3) is 0 Å². The van der Waals surface area contributed by atoms with Gasteiger partial charge in [0, 0.05) is 17.7 Å². The third kappa shape index (κ3) is 1.65. The fourth-order valence-corrected chi connectivity index (χ4v) is 1.58. The predicted octanol–water partition coefficient (Wildman–Crippen LogP) is 2.00. The van der Waals surface area contributed by atoms with Crippen LogP contribution in [0.5, 0.6) is 5.75 Å². The first-order valence-corrected chi connectivity index (χ1v) is 4.45. The quantitative estimate of drug-likeness (QED) is 0.664. The summed E-state index contributed by atoms with van der Waals surface area (Å²) in [5, 5.41) is 0. The van der Waals surface area contributed by atoms with Crippen LogP contribution in [0.1, 0.15) is 24.4 Å². The summed E-state index contributed by atoms with van der Waals surface area (Å²) in [6.07, 6.45) is 1.83. The number of rotatable bonds is 0. The molecule has 0 saturated carbocycles. The minimum absolute atomic E-state index is 0.0156. The maximum absolute atomic E-state index is 12.8. The molecule has 0 aromatic heterocycles. The highest BCUT2D eigenvalue weighted by atomic mass is 19.1. The third-order valence-corrected chi connectivity index (χ3v) is 2.29. The summed E-state index contributed by atoms with van der Waals surface area (Å²) in [4.78, 5) is 0. The Hall–Kier alpha value is -1.09. The van der Waals surface area contributed by atoms with Gasteiger partial charge < -0.3 is 10.5 Å². The van der Waals surface area contributed by atoms with E-state index >= 15 is 0 Å². The van der Waals surface area contributed by atoms with E-state index in [1.807, 2.05) is 0 Å². The summed E-state index contributed by atoms with van der Waals surface area (Å²) in [6.45, 7) is 0.629. The molecular weight excluding hydrogens is 169 g/mol. The summed E-state index contributed by atoms with van der Waals surface area (Å²) < 4.78 is 18.2. The molecule has 0 radical (unpaired) electrons. The van der Waals surface area contributed by atoms with Crippen LogP contribution in [0.4, 0.5) is 4.39 Å². The molecule has 0 bridgehead atoms. The van der Waals surface area contributed by atoms with Gasteiger partial charge in [-0.1, -0.05) is 6.07 Å². The molecule has 1 aliphatic heterocycles. The largest absolute Gasteiger partial charge is 0.493 e. The molecule has 0 amide bonds. The topological polar surface area (TPSA) is 35.2 Å². The van der Waals surface area contributed by atoms with Gasteiger partial charge in [-0.3, -0.25) is 0 Å². The normalized spacial score (nSPS) is 21.5. The lowest BCUT2D eigenvalue weighted by Crippen LogP contribution is -2.08. The second-order valence-corrected chi connectivity index (χ2v) is 3.28. The summed E-state index contributed by atoms with van der Waals surface area (Å²) in [6, 6.07) is 4.52. The molecule has 1 heterocycles. The fraction of sp³-hybridized carbons (Fsp3) is 0.400. The number of fused-ring (bicyclic) bond motifs is 1. The van der Waals surface area contributed by atoms with Gasteiger partial charge >= 0.3 is 0 Å². The van der Waals surface area contributed by atoms with Gasteiger partial charge in [0.25, 0.3) is 0 Å². The molecule has 0 aliphatic carbocycles. The summed E-state index contributed by atoms with van der Waals surface area (Å²) in [7, 11) is 0. The maximum Gasteiger partial charge on any atom is 0.126 e. The van der Waals surface area contributed by atoms with E-state index in [0.29, 0.717) is 12.4 Å². The Morgan fingerprint density at radius 2 is 2.31 bits per heavy atom. The lowest BCUT2D eigenvalue weighted by Gasteiger charge is -2.10. The lowest BCUT2D eigenvalue weighted by atomic mass is 10.0. The van der Waals surface area contributed by atoms with Crippen LogP contribution in [-0.4, -0.2) is 6.61 Å². The van der Waals surface area contributed by atoms with Crippen molar-refractivity contribution in [3.63, 3.8) is 0 Å². The van der Waals surface area contributed by atoms with Crippen LogP contribution in [0, 0.1) is 5.82 Å². The van der Waals surface area contributed by atoms with E-state index in [2.05, 4.69) is 0 Å². The molecule has 1 aromatic rings. The minimum Gasteiger partial charge on any atom is -0.493 e. The van der Waals surface area contributed by atoms with Gasteiger partial charge in [-0.2, -0.15) is 0 Å². The van der Waals surface area contributed by atoms with E-state index in [1.54, 1.807) is 6.07 Å². The van der Waals surface area contributed by atoms with Crippen molar-refractivity contribution in [1.82, 2.24) is 0 Å². The number of hydrogen-bond acceptors (Lipinski definition) is 2. The van der Waals surface area contributed by atoms with Crippen LogP contribution in [0.2, 0.25) is 0 Å². The lowest BCUT2D eigenvalue weighted by molar-refractivity contribution is 0.314. The average molecular weight is 181 g/mol. The highest BCUT2D eigenvalue weighted by molar-refractivity contribution is 5.36. The van der Waals surface area contributed by atoms with Crippen LogP contribution in [0.3, 0.4) is 0 Å². The predicted molar refractivity (Wildman–Crippen MR) is 48.1 cm³/mol. The van der Waals surface area contributed by atoms with E-state index < -0.39 is 0 Å². The Bertz CT molecular complexity index is 314. The molecule has 2 nitrogen and oxygen atoms in total. The van der Waals surface area contributed by atoms with Crippen molar-refractivity contribution in [2.24, 2.45) is 5.73 Å². The SMILES string of the molecule is N[C@H]1CCCOc2cc(F)ccc21. The Morgan fingerprint density at radius 3 is 3.15 bits per heavy atom. The van der Waals surface area contributed by atoms with Gasteiger partial charge in [0.15, 0.2) is 0 Å². The number of hydrogen-bond donors (Lipinski definition) is 1. The van der Waals surface area contributed by atoms with Crippen molar-refractivity contribution in [2.75, 3.05) is 6.61 Å². The van der Waals surface area contributed by atoms with Crippen LogP contribution in [-0.2, 0) is 0 Å². The highest BCUT2D eigenvalue weighted by Gasteiger charge is 2.16. The number of benzene rings is 1. The van der Waals surface area contributed by atoms with Gasteiger partial charge in [-0.25, -0.2) is 4.39 Å². The van der Waals surface area contributed by atoms with Crippen molar-refractivity contribution >= 4 is 0 Å². The molecule has 1 atom stereocenters. The summed E-state index contributed by atoms with van der Waals surface area (Å²) in [5.74, 6) is 0.331. The number of halogens is 1. The second-order valence-electron chi connectivity index (χ2n) is 3.28. The van der Waals surface area contributed by atoms with Crippen LogP contribution < -0.4 is 10.5 Å². The van der Waals surface area contributed by atoms with E-state index in [9.17, 15) is 4.39 Å². The molecule has 1 aliphatic rings. The van der Waals surface area contributed by atoms with Crippen molar-refractivity contribution in [1.29, 1.82) is 0 Å². The van der Waals surface area contributed by atoms with Crippen LogP contribution in [0.15, 0.2) is 18.2 Å². The molecule has 3 heteroatoms. The number of ether oxygens (including phenoxy) is 1. The van der Waals surface area contributed by atoms with Gasteiger partial charge in [0.05, 0.1) is 6.61 Å². The summed E-state index contributed by atoms with van der Waals surface area (Å²) >= 11 is 0. The maximum atomic E-state index is 12.8. The molecule has 13 heavy (non-hydrogen) atoms. The third-order valence-electron chi connectivity index (χ3n) is 2.29.